The number of furan rings is 1. The molecule has 2 amide bonds. The third-order valence-electron chi connectivity index (χ3n) is 3.48. The van der Waals surface area contributed by atoms with Gasteiger partial charge in [0, 0.05) is 20.1 Å². The van der Waals surface area contributed by atoms with Crippen LogP contribution in [0.25, 0.3) is 0 Å². The zero-order chi connectivity index (χ0) is 14.7. The maximum absolute atomic E-state index is 12.1. The predicted molar refractivity (Wildman–Crippen MR) is 77.1 cm³/mol. The van der Waals surface area contributed by atoms with E-state index in [1.54, 1.807) is 24.1 Å². The van der Waals surface area contributed by atoms with Gasteiger partial charge in [-0.05, 0) is 46.9 Å². The maximum Gasteiger partial charge on any atom is 0.289 e. The van der Waals surface area contributed by atoms with Crippen molar-refractivity contribution in [2.45, 2.75) is 6.42 Å². The maximum atomic E-state index is 12.1. The normalized spacial score (nSPS) is 18.4. The molecule has 1 aliphatic rings. The fraction of sp³-hybridized carbons (Fsp3) is 0.538. The van der Waals surface area contributed by atoms with Crippen LogP contribution in [0.4, 0.5) is 0 Å². The van der Waals surface area contributed by atoms with Crippen LogP contribution in [0.1, 0.15) is 17.0 Å². The first-order valence-corrected chi connectivity index (χ1v) is 7.29. The second-order valence-electron chi connectivity index (χ2n) is 5.00. The number of likely N-dealkylation sites (N-methyl/N-ethyl adjacent to an activating group) is 1. The molecule has 2 rings (SSSR count). The van der Waals surface area contributed by atoms with E-state index in [-0.39, 0.29) is 24.1 Å². The van der Waals surface area contributed by atoms with Crippen molar-refractivity contribution in [3.05, 3.63) is 22.6 Å². The van der Waals surface area contributed by atoms with Crippen LogP contribution in [-0.4, -0.2) is 54.8 Å². The van der Waals surface area contributed by atoms with Gasteiger partial charge in [0.1, 0.15) is 0 Å². The monoisotopic (exact) mass is 343 g/mol. The number of likely N-dealkylation sites (tertiary alicyclic amines) is 1. The number of carbonyl (C=O) groups is 2. The second kappa shape index (κ2) is 6.41. The summed E-state index contributed by atoms with van der Waals surface area (Å²) in [7, 11) is 1.59. The van der Waals surface area contributed by atoms with Crippen molar-refractivity contribution < 1.29 is 14.0 Å². The molecule has 7 heteroatoms. The van der Waals surface area contributed by atoms with Gasteiger partial charge in [-0.2, -0.15) is 0 Å². The molecule has 1 aromatic rings. The van der Waals surface area contributed by atoms with Crippen molar-refractivity contribution >= 4 is 27.7 Å². The third kappa shape index (κ3) is 3.40. The molecule has 1 aliphatic heterocycles. The van der Waals surface area contributed by atoms with Crippen molar-refractivity contribution in [1.82, 2.24) is 9.80 Å². The van der Waals surface area contributed by atoms with Gasteiger partial charge in [-0.3, -0.25) is 9.59 Å². The van der Waals surface area contributed by atoms with Gasteiger partial charge in [0.2, 0.25) is 5.91 Å². The molecule has 20 heavy (non-hydrogen) atoms. The molecular weight excluding hydrogens is 326 g/mol. The lowest BCUT2D eigenvalue weighted by Crippen LogP contribution is -2.40. The van der Waals surface area contributed by atoms with Gasteiger partial charge in [-0.25, -0.2) is 0 Å². The van der Waals surface area contributed by atoms with Crippen LogP contribution >= 0.6 is 15.9 Å². The molecule has 0 radical (unpaired) electrons. The topological polar surface area (TPSA) is 79.8 Å². The quantitative estimate of drug-likeness (QED) is 0.881. The standard InChI is InChI=1S/C13H18BrN3O3/c1-16(13(19)10-2-3-11(14)20-10)8-12(18)17-5-4-9(6-15)7-17/h2-3,9H,4-8,15H2,1H3. The lowest BCUT2D eigenvalue weighted by atomic mass is 10.1. The van der Waals surface area contributed by atoms with Gasteiger partial charge in [0.05, 0.1) is 6.54 Å². The van der Waals surface area contributed by atoms with Gasteiger partial charge >= 0.3 is 0 Å². The minimum Gasteiger partial charge on any atom is -0.444 e. The van der Waals surface area contributed by atoms with E-state index >= 15 is 0 Å². The van der Waals surface area contributed by atoms with E-state index in [1.807, 2.05) is 0 Å². The van der Waals surface area contributed by atoms with Gasteiger partial charge in [0.15, 0.2) is 10.4 Å². The van der Waals surface area contributed by atoms with Crippen LogP contribution in [0.3, 0.4) is 0 Å². The first-order valence-electron chi connectivity index (χ1n) is 6.50. The Bertz CT molecular complexity index is 503. The minimum absolute atomic E-state index is 0.0500. The highest BCUT2D eigenvalue weighted by Gasteiger charge is 2.27. The van der Waals surface area contributed by atoms with Crippen LogP contribution in [-0.2, 0) is 4.79 Å². The largest absolute Gasteiger partial charge is 0.444 e. The first-order chi connectivity index (χ1) is 9.51. The Labute approximate surface area is 126 Å². The predicted octanol–water partition coefficient (Wildman–Crippen LogP) is 0.921. The number of rotatable bonds is 4. The van der Waals surface area contributed by atoms with Crippen molar-refractivity contribution in [2.75, 3.05) is 33.2 Å². The minimum atomic E-state index is -0.307. The molecule has 0 saturated carbocycles. The van der Waals surface area contributed by atoms with Gasteiger partial charge in [-0.15, -0.1) is 0 Å². The van der Waals surface area contributed by atoms with E-state index in [9.17, 15) is 9.59 Å². The number of nitrogens with two attached hydrogens (primary N) is 1. The van der Waals surface area contributed by atoms with Gasteiger partial charge < -0.3 is 20.0 Å². The summed E-state index contributed by atoms with van der Waals surface area (Å²) in [5.74, 6) is 0.232. The molecule has 1 fully saturated rings. The number of halogens is 1. The SMILES string of the molecule is CN(CC(=O)N1CCC(CN)C1)C(=O)c1ccc(Br)o1. The highest BCUT2D eigenvalue weighted by Crippen LogP contribution is 2.17. The van der Waals surface area contributed by atoms with Crippen molar-refractivity contribution in [2.24, 2.45) is 11.7 Å². The Kier molecular flexibility index (Phi) is 4.82. The molecular formula is C13H18BrN3O3. The zero-order valence-corrected chi connectivity index (χ0v) is 12.9. The molecule has 1 atom stereocenters. The number of hydrogen-bond donors (Lipinski definition) is 1. The molecule has 2 N–H and O–H groups in total. The Hall–Kier alpha value is -1.34. The number of nitrogens with zero attached hydrogens (tertiary/aromatic N) is 2. The van der Waals surface area contributed by atoms with E-state index in [4.69, 9.17) is 10.2 Å². The fourth-order valence-electron chi connectivity index (χ4n) is 2.24. The second-order valence-corrected chi connectivity index (χ2v) is 5.78. The average molecular weight is 344 g/mol. The summed E-state index contributed by atoms with van der Waals surface area (Å²) in [4.78, 5) is 27.3. The molecule has 0 aliphatic carbocycles. The number of carbonyl (C=O) groups excluding carboxylic acids is 2. The molecule has 1 unspecified atom stereocenters. The highest BCUT2D eigenvalue weighted by atomic mass is 79.9. The molecule has 2 heterocycles. The van der Waals surface area contributed by atoms with E-state index in [0.717, 1.165) is 13.0 Å². The molecule has 1 saturated heterocycles. The van der Waals surface area contributed by atoms with Crippen LogP contribution in [0.2, 0.25) is 0 Å². The molecule has 0 aromatic carbocycles. The van der Waals surface area contributed by atoms with Crippen molar-refractivity contribution in [3.8, 4) is 0 Å². The summed E-state index contributed by atoms with van der Waals surface area (Å²) in [6, 6.07) is 3.23. The molecule has 0 spiro atoms. The van der Waals surface area contributed by atoms with Crippen LogP contribution in [0, 0.1) is 5.92 Å². The summed E-state index contributed by atoms with van der Waals surface area (Å²) in [5, 5.41) is 0. The van der Waals surface area contributed by atoms with Crippen LogP contribution < -0.4 is 5.73 Å². The molecule has 1 aromatic heterocycles. The lowest BCUT2D eigenvalue weighted by Gasteiger charge is -2.21. The molecule has 0 bridgehead atoms. The summed E-state index contributed by atoms with van der Waals surface area (Å²) in [5.41, 5.74) is 5.60. The van der Waals surface area contributed by atoms with Gasteiger partial charge in [0.25, 0.3) is 5.91 Å². The zero-order valence-electron chi connectivity index (χ0n) is 11.3. The Morgan fingerprint density at radius 1 is 1.55 bits per heavy atom. The first kappa shape index (κ1) is 15.1. The van der Waals surface area contributed by atoms with E-state index < -0.39 is 0 Å². The van der Waals surface area contributed by atoms with Crippen LogP contribution in [0.5, 0.6) is 0 Å². The fourth-order valence-corrected chi connectivity index (χ4v) is 2.55. The third-order valence-corrected chi connectivity index (χ3v) is 3.90. The smallest absolute Gasteiger partial charge is 0.289 e. The summed E-state index contributed by atoms with van der Waals surface area (Å²) < 4.78 is 5.68. The Balaban J connectivity index is 1.89. The summed E-state index contributed by atoms with van der Waals surface area (Å²) in [6.45, 7) is 2.05. The van der Waals surface area contributed by atoms with Crippen molar-refractivity contribution in [1.29, 1.82) is 0 Å². The lowest BCUT2D eigenvalue weighted by molar-refractivity contribution is -0.130. The van der Waals surface area contributed by atoms with E-state index in [0.29, 0.717) is 23.7 Å². The Morgan fingerprint density at radius 2 is 2.30 bits per heavy atom. The van der Waals surface area contributed by atoms with E-state index in [1.165, 1.54) is 4.90 Å². The molecule has 110 valence electrons. The van der Waals surface area contributed by atoms with E-state index in [2.05, 4.69) is 15.9 Å². The Morgan fingerprint density at radius 3 is 2.85 bits per heavy atom. The molecule has 6 nitrogen and oxygen atoms in total. The number of hydrogen-bond acceptors (Lipinski definition) is 4. The van der Waals surface area contributed by atoms with Crippen molar-refractivity contribution in [3.63, 3.8) is 0 Å². The summed E-state index contributed by atoms with van der Waals surface area (Å²) >= 11 is 3.14. The number of amides is 2. The average Bonchev–Trinajstić information content (AvgIpc) is 3.06. The van der Waals surface area contributed by atoms with Gasteiger partial charge in [-0.1, -0.05) is 0 Å². The highest BCUT2D eigenvalue weighted by molar-refractivity contribution is 9.10. The summed E-state index contributed by atoms with van der Waals surface area (Å²) in [6.07, 6.45) is 0.936. The van der Waals surface area contributed by atoms with Crippen LogP contribution in [0.15, 0.2) is 21.2 Å².